The number of hydrogen-bond donors (Lipinski definition) is 1. The minimum atomic E-state index is 0.458. The fourth-order valence-electron chi connectivity index (χ4n) is 1.72. The van der Waals surface area contributed by atoms with E-state index in [9.17, 15) is 0 Å². The van der Waals surface area contributed by atoms with Crippen molar-refractivity contribution in [2.45, 2.75) is 0 Å². The quantitative estimate of drug-likeness (QED) is 0.669. The van der Waals surface area contributed by atoms with Crippen molar-refractivity contribution >= 4 is 45.4 Å². The van der Waals surface area contributed by atoms with E-state index in [4.69, 9.17) is 23.2 Å². The number of halogens is 2. The molecule has 100 valence electrons. The SMILES string of the molecule is Clc1cccc(Nc2nc(-c3ccnc(Cl)c3)cs2)c1. The normalized spacial score (nSPS) is 10.5. The molecule has 2 heterocycles. The Morgan fingerprint density at radius 1 is 1.10 bits per heavy atom. The molecule has 0 spiro atoms. The van der Waals surface area contributed by atoms with Crippen LogP contribution in [0.3, 0.4) is 0 Å². The Labute approximate surface area is 130 Å². The zero-order chi connectivity index (χ0) is 13.9. The van der Waals surface area contributed by atoms with Crippen molar-refractivity contribution in [3.8, 4) is 11.3 Å². The third kappa shape index (κ3) is 3.10. The Balaban J connectivity index is 1.84. The summed E-state index contributed by atoms with van der Waals surface area (Å²) in [6.07, 6.45) is 1.67. The molecule has 0 aliphatic rings. The number of nitrogens with zero attached hydrogens (tertiary/aromatic N) is 2. The molecule has 1 aromatic carbocycles. The van der Waals surface area contributed by atoms with Crippen molar-refractivity contribution < 1.29 is 0 Å². The van der Waals surface area contributed by atoms with E-state index < -0.39 is 0 Å². The van der Waals surface area contributed by atoms with Gasteiger partial charge in [-0.2, -0.15) is 0 Å². The van der Waals surface area contributed by atoms with Crippen molar-refractivity contribution in [2.75, 3.05) is 5.32 Å². The minimum Gasteiger partial charge on any atom is -0.331 e. The van der Waals surface area contributed by atoms with Crippen LogP contribution in [-0.4, -0.2) is 9.97 Å². The van der Waals surface area contributed by atoms with Crippen molar-refractivity contribution in [3.63, 3.8) is 0 Å². The van der Waals surface area contributed by atoms with Gasteiger partial charge in [-0.15, -0.1) is 11.3 Å². The van der Waals surface area contributed by atoms with Gasteiger partial charge in [0.2, 0.25) is 0 Å². The van der Waals surface area contributed by atoms with Crippen molar-refractivity contribution in [1.29, 1.82) is 0 Å². The molecule has 6 heteroatoms. The molecule has 0 aliphatic heterocycles. The van der Waals surface area contributed by atoms with Gasteiger partial charge >= 0.3 is 0 Å². The molecule has 1 N–H and O–H groups in total. The molecule has 3 rings (SSSR count). The number of rotatable bonds is 3. The summed E-state index contributed by atoms with van der Waals surface area (Å²) in [5.41, 5.74) is 2.72. The number of thiazole rings is 1. The van der Waals surface area contributed by atoms with Crippen LogP contribution in [0, 0.1) is 0 Å². The van der Waals surface area contributed by atoms with Crippen LogP contribution in [0.1, 0.15) is 0 Å². The molecular weight excluding hydrogens is 313 g/mol. The van der Waals surface area contributed by atoms with Crippen LogP contribution < -0.4 is 5.32 Å². The fourth-order valence-corrected chi connectivity index (χ4v) is 2.82. The molecule has 0 radical (unpaired) electrons. The Kier molecular flexibility index (Phi) is 3.87. The van der Waals surface area contributed by atoms with Gasteiger partial charge in [-0.25, -0.2) is 9.97 Å². The number of anilines is 2. The number of nitrogens with one attached hydrogen (secondary N) is 1. The van der Waals surface area contributed by atoms with Crippen molar-refractivity contribution in [3.05, 3.63) is 58.2 Å². The van der Waals surface area contributed by atoms with E-state index in [2.05, 4.69) is 15.3 Å². The van der Waals surface area contributed by atoms with Gasteiger partial charge in [0.1, 0.15) is 5.15 Å². The van der Waals surface area contributed by atoms with Crippen LogP contribution in [0.2, 0.25) is 10.2 Å². The first-order chi connectivity index (χ1) is 9.70. The molecule has 0 saturated carbocycles. The summed E-state index contributed by atoms with van der Waals surface area (Å²) in [4.78, 5) is 8.48. The Bertz CT molecular complexity index is 743. The van der Waals surface area contributed by atoms with E-state index >= 15 is 0 Å². The topological polar surface area (TPSA) is 37.8 Å². The molecule has 0 unspecified atom stereocenters. The van der Waals surface area contributed by atoms with Crippen LogP contribution in [0.5, 0.6) is 0 Å². The minimum absolute atomic E-state index is 0.458. The maximum Gasteiger partial charge on any atom is 0.187 e. The lowest BCUT2D eigenvalue weighted by atomic mass is 10.2. The van der Waals surface area contributed by atoms with E-state index in [0.717, 1.165) is 22.1 Å². The van der Waals surface area contributed by atoms with Gasteiger partial charge < -0.3 is 5.32 Å². The third-order valence-electron chi connectivity index (χ3n) is 2.60. The maximum atomic E-state index is 5.95. The highest BCUT2D eigenvalue weighted by Crippen LogP contribution is 2.28. The Morgan fingerprint density at radius 2 is 2.00 bits per heavy atom. The summed E-state index contributed by atoms with van der Waals surface area (Å²) in [5, 5.41) is 7.14. The van der Waals surface area contributed by atoms with Crippen LogP contribution in [0.4, 0.5) is 10.8 Å². The van der Waals surface area contributed by atoms with Crippen LogP contribution >= 0.6 is 34.5 Å². The molecule has 0 amide bonds. The maximum absolute atomic E-state index is 5.95. The van der Waals surface area contributed by atoms with Gasteiger partial charge in [-0.3, -0.25) is 0 Å². The average molecular weight is 322 g/mol. The molecule has 3 nitrogen and oxygen atoms in total. The smallest absolute Gasteiger partial charge is 0.187 e. The van der Waals surface area contributed by atoms with Crippen molar-refractivity contribution in [2.24, 2.45) is 0 Å². The van der Waals surface area contributed by atoms with Gasteiger partial charge in [-0.1, -0.05) is 29.3 Å². The lowest BCUT2D eigenvalue weighted by Crippen LogP contribution is -1.89. The molecule has 2 aromatic heterocycles. The predicted molar refractivity (Wildman–Crippen MR) is 85.1 cm³/mol. The number of aromatic nitrogens is 2. The Morgan fingerprint density at radius 3 is 2.80 bits per heavy atom. The number of benzene rings is 1. The summed E-state index contributed by atoms with van der Waals surface area (Å²) in [5.74, 6) is 0. The molecule has 0 atom stereocenters. The average Bonchev–Trinajstić information content (AvgIpc) is 2.87. The summed E-state index contributed by atoms with van der Waals surface area (Å²) >= 11 is 13.4. The standard InChI is InChI=1S/C14H9Cl2N3S/c15-10-2-1-3-11(7-10)18-14-19-12(8-20-14)9-4-5-17-13(16)6-9/h1-8H,(H,18,19). The first-order valence-corrected chi connectivity index (χ1v) is 7.44. The number of pyridine rings is 1. The van der Waals surface area contributed by atoms with E-state index in [-0.39, 0.29) is 0 Å². The largest absolute Gasteiger partial charge is 0.331 e. The lowest BCUT2D eigenvalue weighted by molar-refractivity contribution is 1.31. The molecule has 0 fully saturated rings. The van der Waals surface area contributed by atoms with E-state index in [1.165, 1.54) is 11.3 Å². The van der Waals surface area contributed by atoms with Gasteiger partial charge in [0.05, 0.1) is 5.69 Å². The first kappa shape index (κ1) is 13.4. The predicted octanol–water partition coefficient (Wildman–Crippen LogP) is 5.26. The fraction of sp³-hybridized carbons (Fsp3) is 0. The zero-order valence-corrected chi connectivity index (χ0v) is 12.5. The van der Waals surface area contributed by atoms with Gasteiger partial charge in [0.25, 0.3) is 0 Å². The first-order valence-electron chi connectivity index (χ1n) is 5.81. The molecule has 0 aliphatic carbocycles. The summed E-state index contributed by atoms with van der Waals surface area (Å²) in [7, 11) is 0. The van der Waals surface area contributed by atoms with Crippen LogP contribution in [-0.2, 0) is 0 Å². The highest BCUT2D eigenvalue weighted by molar-refractivity contribution is 7.14. The van der Waals surface area contributed by atoms with E-state index in [1.807, 2.05) is 35.7 Å². The molecule has 0 bridgehead atoms. The third-order valence-corrected chi connectivity index (χ3v) is 3.80. The summed E-state index contributed by atoms with van der Waals surface area (Å²) in [6, 6.07) is 11.2. The molecule has 0 saturated heterocycles. The highest BCUT2D eigenvalue weighted by atomic mass is 35.5. The second-order valence-electron chi connectivity index (χ2n) is 4.04. The van der Waals surface area contributed by atoms with E-state index in [1.54, 1.807) is 12.3 Å². The zero-order valence-electron chi connectivity index (χ0n) is 10.2. The number of hydrogen-bond acceptors (Lipinski definition) is 4. The lowest BCUT2D eigenvalue weighted by Gasteiger charge is -2.02. The molecular formula is C14H9Cl2N3S. The van der Waals surface area contributed by atoms with Gasteiger partial charge in [0.15, 0.2) is 5.13 Å². The van der Waals surface area contributed by atoms with Gasteiger partial charge in [-0.05, 0) is 30.3 Å². The van der Waals surface area contributed by atoms with Crippen LogP contribution in [0.25, 0.3) is 11.3 Å². The van der Waals surface area contributed by atoms with Crippen molar-refractivity contribution in [1.82, 2.24) is 9.97 Å². The van der Waals surface area contributed by atoms with Crippen LogP contribution in [0.15, 0.2) is 48.0 Å². The monoisotopic (exact) mass is 321 g/mol. The summed E-state index contributed by atoms with van der Waals surface area (Å²) in [6.45, 7) is 0. The van der Waals surface area contributed by atoms with Gasteiger partial charge in [0, 0.05) is 27.9 Å². The second-order valence-corrected chi connectivity index (χ2v) is 5.72. The molecule has 3 aromatic rings. The Hall–Kier alpha value is -1.62. The second kappa shape index (κ2) is 5.79. The molecule has 20 heavy (non-hydrogen) atoms. The van der Waals surface area contributed by atoms with E-state index in [0.29, 0.717) is 10.2 Å². The summed E-state index contributed by atoms with van der Waals surface area (Å²) < 4.78 is 0. The highest BCUT2D eigenvalue weighted by Gasteiger charge is 2.06.